The number of hydrogen-bond acceptors (Lipinski definition) is 2. The molecule has 0 aromatic heterocycles. The Kier molecular flexibility index (Phi) is 5.02. The first-order valence-electron chi connectivity index (χ1n) is 5.64. The molecule has 1 aromatic rings. The van der Waals surface area contributed by atoms with Crippen molar-refractivity contribution in [2.75, 3.05) is 13.7 Å². The Morgan fingerprint density at radius 2 is 2.00 bits per heavy atom. The van der Waals surface area contributed by atoms with Crippen LogP contribution in [0.5, 0.6) is 0 Å². The quantitative estimate of drug-likeness (QED) is 0.776. The Labute approximate surface area is 101 Å². The molecule has 0 heterocycles. The average molecular weight is 243 g/mol. The molecule has 0 aliphatic rings. The van der Waals surface area contributed by atoms with E-state index in [4.69, 9.17) is 4.74 Å². The molecule has 0 aliphatic heterocycles. The number of rotatable bonds is 6. The minimum Gasteiger partial charge on any atom is -0.379 e. The molecule has 0 spiro atoms. The Morgan fingerprint density at radius 1 is 1.29 bits per heavy atom. The van der Waals surface area contributed by atoms with Crippen LogP contribution in [0.15, 0.2) is 18.2 Å². The van der Waals surface area contributed by atoms with E-state index in [1.54, 1.807) is 7.11 Å². The van der Waals surface area contributed by atoms with Gasteiger partial charge in [-0.2, -0.15) is 0 Å². The predicted molar refractivity (Wildman–Crippen MR) is 63.8 cm³/mol. The fourth-order valence-electron chi connectivity index (χ4n) is 1.39. The zero-order valence-electron chi connectivity index (χ0n) is 10.5. The predicted octanol–water partition coefficient (Wildman–Crippen LogP) is 2.87. The number of methoxy groups -OCH3 is 1. The maximum Gasteiger partial charge on any atom is 0.127 e. The lowest BCUT2D eigenvalue weighted by atomic mass is 10.1. The van der Waals surface area contributed by atoms with Crippen molar-refractivity contribution in [3.8, 4) is 0 Å². The second kappa shape index (κ2) is 6.07. The highest BCUT2D eigenvalue weighted by Crippen LogP contribution is 2.12. The minimum atomic E-state index is -0.416. The highest BCUT2D eigenvalue weighted by molar-refractivity contribution is 5.18. The van der Waals surface area contributed by atoms with Crippen LogP contribution in [0.1, 0.15) is 25.8 Å². The summed E-state index contributed by atoms with van der Waals surface area (Å²) in [6.07, 6.45) is 0.806. The summed E-state index contributed by atoms with van der Waals surface area (Å²) in [4.78, 5) is 0. The summed E-state index contributed by atoms with van der Waals surface area (Å²) in [5.74, 6) is -0.801. The highest BCUT2D eigenvalue weighted by Gasteiger charge is 2.15. The molecular weight excluding hydrogens is 224 g/mol. The molecule has 0 atom stereocenters. The standard InChI is InChI=1S/C13H19F2NO/c1-13(2,17-3)6-7-16-9-10-8-11(14)4-5-12(10)15/h4-5,8,16H,6-7,9H2,1-3H3. The Hall–Kier alpha value is -1.00. The number of ether oxygens (including phenoxy) is 1. The lowest BCUT2D eigenvalue weighted by Gasteiger charge is -2.22. The van der Waals surface area contributed by atoms with E-state index in [9.17, 15) is 8.78 Å². The van der Waals surface area contributed by atoms with Gasteiger partial charge in [-0.1, -0.05) is 0 Å². The van der Waals surface area contributed by atoms with E-state index in [-0.39, 0.29) is 11.4 Å². The summed E-state index contributed by atoms with van der Waals surface area (Å²) < 4.78 is 31.4. The molecule has 0 bridgehead atoms. The first-order valence-corrected chi connectivity index (χ1v) is 5.64. The van der Waals surface area contributed by atoms with E-state index < -0.39 is 5.82 Å². The summed E-state index contributed by atoms with van der Waals surface area (Å²) in [6, 6.07) is 3.47. The van der Waals surface area contributed by atoms with Crippen LogP contribution in [0, 0.1) is 11.6 Å². The van der Waals surface area contributed by atoms with Gasteiger partial charge in [-0.25, -0.2) is 8.78 Å². The third-order valence-corrected chi connectivity index (χ3v) is 2.78. The monoisotopic (exact) mass is 243 g/mol. The van der Waals surface area contributed by atoms with Gasteiger partial charge in [-0.05, 0) is 45.0 Å². The van der Waals surface area contributed by atoms with Crippen molar-refractivity contribution >= 4 is 0 Å². The number of hydrogen-bond donors (Lipinski definition) is 1. The topological polar surface area (TPSA) is 21.3 Å². The van der Waals surface area contributed by atoms with Gasteiger partial charge in [-0.15, -0.1) is 0 Å². The van der Waals surface area contributed by atoms with Crippen molar-refractivity contribution in [2.24, 2.45) is 0 Å². The van der Waals surface area contributed by atoms with Gasteiger partial charge in [0.1, 0.15) is 11.6 Å². The van der Waals surface area contributed by atoms with E-state index in [1.807, 2.05) is 13.8 Å². The molecule has 1 aromatic carbocycles. The third kappa shape index (κ3) is 4.79. The van der Waals surface area contributed by atoms with Gasteiger partial charge < -0.3 is 10.1 Å². The second-order valence-electron chi connectivity index (χ2n) is 4.63. The van der Waals surface area contributed by atoms with Crippen LogP contribution in [0.3, 0.4) is 0 Å². The van der Waals surface area contributed by atoms with Crippen molar-refractivity contribution in [3.63, 3.8) is 0 Å². The normalized spacial score (nSPS) is 11.8. The molecule has 1 N–H and O–H groups in total. The average Bonchev–Trinajstić information content (AvgIpc) is 2.29. The summed E-state index contributed by atoms with van der Waals surface area (Å²) in [6.45, 7) is 4.98. The third-order valence-electron chi connectivity index (χ3n) is 2.78. The summed E-state index contributed by atoms with van der Waals surface area (Å²) in [7, 11) is 1.66. The SMILES string of the molecule is COC(C)(C)CCNCc1cc(F)ccc1F. The summed E-state index contributed by atoms with van der Waals surface area (Å²) >= 11 is 0. The molecular formula is C13H19F2NO. The molecule has 1 rings (SSSR count). The van der Waals surface area contributed by atoms with E-state index in [1.165, 1.54) is 6.07 Å². The molecule has 0 saturated carbocycles. The first-order chi connectivity index (χ1) is 7.94. The molecule has 96 valence electrons. The molecule has 0 fully saturated rings. The van der Waals surface area contributed by atoms with Gasteiger partial charge in [0.15, 0.2) is 0 Å². The smallest absolute Gasteiger partial charge is 0.127 e. The zero-order valence-corrected chi connectivity index (χ0v) is 10.5. The second-order valence-corrected chi connectivity index (χ2v) is 4.63. The number of halogens is 2. The fraction of sp³-hybridized carbons (Fsp3) is 0.538. The van der Waals surface area contributed by atoms with Crippen LogP contribution < -0.4 is 5.32 Å². The Balaban J connectivity index is 2.38. The molecule has 0 aliphatic carbocycles. The van der Waals surface area contributed by atoms with Crippen LogP contribution >= 0.6 is 0 Å². The molecule has 0 amide bonds. The number of benzene rings is 1. The van der Waals surface area contributed by atoms with Crippen molar-refractivity contribution in [1.29, 1.82) is 0 Å². The lowest BCUT2D eigenvalue weighted by molar-refractivity contribution is 0.0158. The Bertz CT molecular complexity index is 366. The molecule has 0 radical (unpaired) electrons. The van der Waals surface area contributed by atoms with Crippen molar-refractivity contribution < 1.29 is 13.5 Å². The maximum absolute atomic E-state index is 13.3. The minimum absolute atomic E-state index is 0.201. The summed E-state index contributed by atoms with van der Waals surface area (Å²) in [5, 5.41) is 3.07. The first kappa shape index (κ1) is 14.1. The van der Waals surface area contributed by atoms with Gasteiger partial charge in [0.05, 0.1) is 5.60 Å². The molecule has 0 saturated heterocycles. The van der Waals surface area contributed by atoms with Crippen LogP contribution in [0.2, 0.25) is 0 Å². The van der Waals surface area contributed by atoms with Gasteiger partial charge in [-0.3, -0.25) is 0 Å². The van der Waals surface area contributed by atoms with Crippen molar-refractivity contribution in [3.05, 3.63) is 35.4 Å². The molecule has 0 unspecified atom stereocenters. The van der Waals surface area contributed by atoms with Crippen molar-refractivity contribution in [2.45, 2.75) is 32.4 Å². The van der Waals surface area contributed by atoms with Gasteiger partial charge in [0.25, 0.3) is 0 Å². The van der Waals surface area contributed by atoms with E-state index in [2.05, 4.69) is 5.32 Å². The fourth-order valence-corrected chi connectivity index (χ4v) is 1.39. The molecule has 4 heteroatoms. The van der Waals surface area contributed by atoms with E-state index in [0.29, 0.717) is 18.7 Å². The lowest BCUT2D eigenvalue weighted by Crippen LogP contribution is -2.28. The van der Waals surface area contributed by atoms with Gasteiger partial charge >= 0.3 is 0 Å². The van der Waals surface area contributed by atoms with Crippen LogP contribution in [0.4, 0.5) is 8.78 Å². The van der Waals surface area contributed by atoms with E-state index in [0.717, 1.165) is 18.6 Å². The summed E-state index contributed by atoms with van der Waals surface area (Å²) in [5.41, 5.74) is 0.147. The number of nitrogens with one attached hydrogen (secondary N) is 1. The molecule has 17 heavy (non-hydrogen) atoms. The van der Waals surface area contributed by atoms with Crippen LogP contribution in [0.25, 0.3) is 0 Å². The zero-order chi connectivity index (χ0) is 12.9. The van der Waals surface area contributed by atoms with Gasteiger partial charge in [0.2, 0.25) is 0 Å². The van der Waals surface area contributed by atoms with Crippen LogP contribution in [-0.2, 0) is 11.3 Å². The van der Waals surface area contributed by atoms with Gasteiger partial charge in [0, 0.05) is 19.2 Å². The van der Waals surface area contributed by atoms with Crippen molar-refractivity contribution in [1.82, 2.24) is 5.32 Å². The largest absolute Gasteiger partial charge is 0.379 e. The molecule has 2 nitrogen and oxygen atoms in total. The highest BCUT2D eigenvalue weighted by atomic mass is 19.1. The maximum atomic E-state index is 13.3. The van der Waals surface area contributed by atoms with E-state index >= 15 is 0 Å². The van der Waals surface area contributed by atoms with Crippen LogP contribution in [-0.4, -0.2) is 19.3 Å². The Morgan fingerprint density at radius 3 is 2.65 bits per heavy atom.